The summed E-state index contributed by atoms with van der Waals surface area (Å²) < 4.78 is 11.9. The minimum atomic E-state index is -0.516. The predicted octanol–water partition coefficient (Wildman–Crippen LogP) is 4.44. The number of ether oxygens (including phenoxy) is 2. The molecule has 32 heavy (non-hydrogen) atoms. The van der Waals surface area contributed by atoms with Gasteiger partial charge in [-0.3, -0.25) is 4.79 Å². The maximum absolute atomic E-state index is 12.7. The summed E-state index contributed by atoms with van der Waals surface area (Å²) in [6.07, 6.45) is 1.54. The number of methoxy groups -OCH3 is 2. The van der Waals surface area contributed by atoms with Crippen LogP contribution in [0, 0.1) is 25.2 Å². The molecular formula is C25H23N3O4. The van der Waals surface area contributed by atoms with Crippen molar-refractivity contribution in [2.24, 2.45) is 0 Å². The van der Waals surface area contributed by atoms with Crippen molar-refractivity contribution in [1.82, 2.24) is 4.57 Å². The van der Waals surface area contributed by atoms with Crippen molar-refractivity contribution in [2.75, 3.05) is 19.5 Å². The Morgan fingerprint density at radius 2 is 1.75 bits per heavy atom. The zero-order chi connectivity index (χ0) is 23.3. The first kappa shape index (κ1) is 22.4. The lowest BCUT2D eigenvalue weighted by Gasteiger charge is -2.13. The Hall–Kier alpha value is -4.31. The van der Waals surface area contributed by atoms with Crippen molar-refractivity contribution in [2.45, 2.75) is 13.8 Å². The van der Waals surface area contributed by atoms with Crippen LogP contribution < -0.4 is 10.1 Å². The van der Waals surface area contributed by atoms with Gasteiger partial charge in [0.25, 0.3) is 5.91 Å². The molecule has 7 heteroatoms. The number of aromatic nitrogens is 1. The molecule has 0 atom stereocenters. The number of anilines is 1. The van der Waals surface area contributed by atoms with Gasteiger partial charge in [0.05, 0.1) is 25.5 Å². The van der Waals surface area contributed by atoms with E-state index in [9.17, 15) is 14.9 Å². The second kappa shape index (κ2) is 9.67. The van der Waals surface area contributed by atoms with Crippen LogP contribution in [0.5, 0.6) is 5.75 Å². The Bertz CT molecular complexity index is 1230. The van der Waals surface area contributed by atoms with Crippen LogP contribution in [0.25, 0.3) is 11.8 Å². The highest BCUT2D eigenvalue weighted by molar-refractivity contribution is 6.09. The van der Waals surface area contributed by atoms with Gasteiger partial charge in [-0.1, -0.05) is 12.1 Å². The number of nitrogens with one attached hydrogen (secondary N) is 1. The highest BCUT2D eigenvalue weighted by atomic mass is 16.5. The molecule has 0 aliphatic heterocycles. The largest absolute Gasteiger partial charge is 0.497 e. The van der Waals surface area contributed by atoms with Crippen LogP contribution in [-0.4, -0.2) is 30.7 Å². The van der Waals surface area contributed by atoms with E-state index in [4.69, 9.17) is 9.47 Å². The average Bonchev–Trinajstić information content (AvgIpc) is 3.09. The molecule has 0 aliphatic rings. The number of nitriles is 1. The first-order valence-electron chi connectivity index (χ1n) is 9.83. The summed E-state index contributed by atoms with van der Waals surface area (Å²) in [7, 11) is 2.90. The van der Waals surface area contributed by atoms with Crippen molar-refractivity contribution >= 4 is 23.6 Å². The Morgan fingerprint density at radius 3 is 2.38 bits per heavy atom. The van der Waals surface area contributed by atoms with Crippen LogP contribution in [0.4, 0.5) is 5.69 Å². The maximum Gasteiger partial charge on any atom is 0.339 e. The Kier molecular flexibility index (Phi) is 6.76. The molecule has 1 amide bonds. The van der Waals surface area contributed by atoms with Crippen molar-refractivity contribution < 1.29 is 19.1 Å². The number of benzene rings is 2. The van der Waals surface area contributed by atoms with Crippen LogP contribution in [0.15, 0.2) is 60.2 Å². The number of hydrogen-bond donors (Lipinski definition) is 1. The maximum atomic E-state index is 12.7. The lowest BCUT2D eigenvalue weighted by Crippen LogP contribution is -2.13. The fourth-order valence-electron chi connectivity index (χ4n) is 3.43. The van der Waals surface area contributed by atoms with E-state index in [1.54, 1.807) is 49.6 Å². The first-order chi connectivity index (χ1) is 15.4. The van der Waals surface area contributed by atoms with Gasteiger partial charge in [0.15, 0.2) is 0 Å². The summed E-state index contributed by atoms with van der Waals surface area (Å²) in [5.74, 6) is -0.294. The molecule has 0 bridgehead atoms. The van der Waals surface area contributed by atoms with Crippen LogP contribution in [-0.2, 0) is 9.53 Å². The molecule has 0 unspecified atom stereocenters. The van der Waals surface area contributed by atoms with E-state index in [-0.39, 0.29) is 5.57 Å². The normalized spacial score (nSPS) is 10.9. The topological polar surface area (TPSA) is 93.4 Å². The predicted molar refractivity (Wildman–Crippen MR) is 122 cm³/mol. The molecule has 0 saturated carbocycles. The number of rotatable bonds is 6. The van der Waals surface area contributed by atoms with E-state index in [1.165, 1.54) is 7.11 Å². The summed E-state index contributed by atoms with van der Waals surface area (Å²) in [5, 5.41) is 12.3. The third kappa shape index (κ3) is 4.55. The van der Waals surface area contributed by atoms with E-state index in [0.29, 0.717) is 28.3 Å². The lowest BCUT2D eigenvalue weighted by molar-refractivity contribution is -0.112. The van der Waals surface area contributed by atoms with E-state index >= 15 is 0 Å². The monoisotopic (exact) mass is 429 g/mol. The van der Waals surface area contributed by atoms with Crippen LogP contribution >= 0.6 is 0 Å². The zero-order valence-electron chi connectivity index (χ0n) is 18.3. The number of esters is 1. The minimum absolute atomic E-state index is 0.0395. The van der Waals surface area contributed by atoms with Crippen molar-refractivity contribution in [3.05, 3.63) is 82.7 Å². The summed E-state index contributed by atoms with van der Waals surface area (Å²) in [6, 6.07) is 17.8. The number of para-hydroxylation sites is 1. The third-order valence-electron chi connectivity index (χ3n) is 5.03. The fraction of sp³-hybridized carbons (Fsp3) is 0.160. The quantitative estimate of drug-likeness (QED) is 0.355. The smallest absolute Gasteiger partial charge is 0.339 e. The summed E-state index contributed by atoms with van der Waals surface area (Å²) in [5.41, 5.74) is 3.92. The van der Waals surface area contributed by atoms with Crippen molar-refractivity contribution in [3.63, 3.8) is 0 Å². The number of carbonyl (C=O) groups is 2. The van der Waals surface area contributed by atoms with Gasteiger partial charge in [0, 0.05) is 17.1 Å². The first-order valence-corrected chi connectivity index (χ1v) is 9.83. The summed E-state index contributed by atoms with van der Waals surface area (Å²) in [4.78, 5) is 24.9. The van der Waals surface area contributed by atoms with Crippen LogP contribution in [0.2, 0.25) is 0 Å². The Balaban J connectivity index is 1.96. The van der Waals surface area contributed by atoms with Crippen molar-refractivity contribution in [3.8, 4) is 17.5 Å². The van der Waals surface area contributed by atoms with Gasteiger partial charge in [-0.05, 0) is 68.0 Å². The molecule has 7 nitrogen and oxygen atoms in total. The molecule has 162 valence electrons. The average molecular weight is 429 g/mol. The number of hydrogen-bond acceptors (Lipinski definition) is 5. The molecule has 2 aromatic carbocycles. The molecule has 0 radical (unpaired) electrons. The van der Waals surface area contributed by atoms with E-state index < -0.39 is 11.9 Å². The molecule has 0 aliphatic carbocycles. The van der Waals surface area contributed by atoms with E-state index in [0.717, 1.165) is 11.4 Å². The lowest BCUT2D eigenvalue weighted by atomic mass is 10.1. The third-order valence-corrected chi connectivity index (χ3v) is 5.03. The molecular weight excluding hydrogens is 406 g/mol. The summed E-state index contributed by atoms with van der Waals surface area (Å²) in [6.45, 7) is 3.76. The van der Waals surface area contributed by atoms with Gasteiger partial charge in [0.2, 0.25) is 0 Å². The standard InChI is InChI=1S/C25H23N3O4/c1-16-13-18(17(2)28(16)23-8-6-5-7-22(23)25(30)32-4)14-19(15-26)24(29)27-20-9-11-21(31-3)12-10-20/h5-14H,1-4H3,(H,27,29)/b19-14-. The SMILES string of the molecule is COC(=O)c1ccccc1-n1c(C)cc(/C=C(/C#N)C(=O)Nc2ccc(OC)cc2)c1C. The Labute approximate surface area is 186 Å². The van der Waals surface area contributed by atoms with Gasteiger partial charge in [-0.15, -0.1) is 0 Å². The molecule has 3 rings (SSSR count). The highest BCUT2D eigenvalue weighted by Gasteiger charge is 2.18. The number of aryl methyl sites for hydroxylation is 1. The van der Waals surface area contributed by atoms with Gasteiger partial charge in [-0.25, -0.2) is 4.79 Å². The zero-order valence-corrected chi connectivity index (χ0v) is 18.3. The Morgan fingerprint density at radius 1 is 1.06 bits per heavy atom. The second-order valence-corrected chi connectivity index (χ2v) is 7.02. The van der Waals surface area contributed by atoms with E-state index in [1.807, 2.05) is 42.7 Å². The molecule has 1 heterocycles. The number of carbonyl (C=O) groups excluding carboxylic acids is 2. The van der Waals surface area contributed by atoms with Gasteiger partial charge in [-0.2, -0.15) is 5.26 Å². The van der Waals surface area contributed by atoms with Crippen molar-refractivity contribution in [1.29, 1.82) is 5.26 Å². The fourth-order valence-corrected chi connectivity index (χ4v) is 3.43. The molecule has 0 spiro atoms. The van der Waals surface area contributed by atoms with Gasteiger partial charge < -0.3 is 19.4 Å². The molecule has 3 aromatic rings. The second-order valence-electron chi connectivity index (χ2n) is 7.02. The minimum Gasteiger partial charge on any atom is -0.497 e. The van der Waals surface area contributed by atoms with Crippen LogP contribution in [0.1, 0.15) is 27.3 Å². The van der Waals surface area contributed by atoms with Gasteiger partial charge in [0.1, 0.15) is 17.4 Å². The summed E-state index contributed by atoms with van der Waals surface area (Å²) >= 11 is 0. The van der Waals surface area contributed by atoms with E-state index in [2.05, 4.69) is 5.32 Å². The molecule has 1 aromatic heterocycles. The number of amides is 1. The molecule has 0 saturated heterocycles. The van der Waals surface area contributed by atoms with Crippen LogP contribution in [0.3, 0.4) is 0 Å². The number of nitrogens with zero attached hydrogens (tertiary/aromatic N) is 2. The highest BCUT2D eigenvalue weighted by Crippen LogP contribution is 2.26. The molecule has 0 fully saturated rings. The van der Waals surface area contributed by atoms with Gasteiger partial charge >= 0.3 is 5.97 Å². The molecule has 1 N–H and O–H groups in total.